The van der Waals surface area contributed by atoms with Gasteiger partial charge in [-0.1, -0.05) is 30.7 Å². The van der Waals surface area contributed by atoms with Gasteiger partial charge in [-0.15, -0.1) is 0 Å². The van der Waals surface area contributed by atoms with E-state index in [1.807, 2.05) is 19.1 Å². The minimum Gasteiger partial charge on any atom is -0.385 e. The molecule has 0 bridgehead atoms. The molecule has 1 fully saturated rings. The van der Waals surface area contributed by atoms with Gasteiger partial charge in [-0.3, -0.25) is 0 Å². The zero-order valence-electron chi connectivity index (χ0n) is 9.95. The van der Waals surface area contributed by atoms with Crippen LogP contribution in [0.5, 0.6) is 0 Å². The maximum atomic E-state index is 10.3. The Labute approximate surface area is 97.5 Å². The number of nitrogens with two attached hydrogens (primary N) is 1. The molecular weight excluding hydrogens is 198 g/mol. The molecule has 0 saturated heterocycles. The molecule has 1 aliphatic rings. The fourth-order valence-corrected chi connectivity index (χ4v) is 2.29. The van der Waals surface area contributed by atoms with E-state index < -0.39 is 5.60 Å². The van der Waals surface area contributed by atoms with Crippen LogP contribution in [0.3, 0.4) is 0 Å². The highest BCUT2D eigenvalue weighted by Crippen LogP contribution is 2.37. The van der Waals surface area contributed by atoms with Gasteiger partial charge in [-0.25, -0.2) is 0 Å². The Hall–Kier alpha value is -0.860. The van der Waals surface area contributed by atoms with Crippen molar-refractivity contribution in [2.75, 3.05) is 6.54 Å². The normalized spacial score (nSPS) is 20.2. The first-order valence-corrected chi connectivity index (χ1v) is 6.16. The van der Waals surface area contributed by atoms with E-state index in [9.17, 15) is 5.11 Å². The summed E-state index contributed by atoms with van der Waals surface area (Å²) in [6.45, 7) is 2.36. The van der Waals surface area contributed by atoms with Gasteiger partial charge in [0.15, 0.2) is 0 Å². The summed E-state index contributed by atoms with van der Waals surface area (Å²) in [7, 11) is 0. The third kappa shape index (κ3) is 2.28. The SMILES string of the molecule is CC(O)(CCN)c1cccc(C2CCC2)c1. The Morgan fingerprint density at radius 3 is 2.75 bits per heavy atom. The van der Waals surface area contributed by atoms with Crippen LogP contribution in [0.15, 0.2) is 24.3 Å². The van der Waals surface area contributed by atoms with Crippen LogP contribution < -0.4 is 5.73 Å². The van der Waals surface area contributed by atoms with Gasteiger partial charge >= 0.3 is 0 Å². The van der Waals surface area contributed by atoms with Gasteiger partial charge in [0.2, 0.25) is 0 Å². The third-order valence-corrected chi connectivity index (χ3v) is 3.72. The topological polar surface area (TPSA) is 46.2 Å². The summed E-state index contributed by atoms with van der Waals surface area (Å²) >= 11 is 0. The molecule has 2 rings (SSSR count). The van der Waals surface area contributed by atoms with Crippen LogP contribution >= 0.6 is 0 Å². The standard InChI is InChI=1S/C14H21NO/c1-14(16,8-9-15)13-7-3-6-12(10-13)11-4-2-5-11/h3,6-7,10-11,16H,2,4-5,8-9,15H2,1H3. The fourth-order valence-electron chi connectivity index (χ4n) is 2.29. The maximum absolute atomic E-state index is 10.3. The quantitative estimate of drug-likeness (QED) is 0.817. The molecule has 2 nitrogen and oxygen atoms in total. The zero-order valence-corrected chi connectivity index (χ0v) is 9.95. The van der Waals surface area contributed by atoms with Crippen molar-refractivity contribution in [2.24, 2.45) is 5.73 Å². The Kier molecular flexibility index (Phi) is 3.31. The fraction of sp³-hybridized carbons (Fsp3) is 0.571. The van der Waals surface area contributed by atoms with Crippen LogP contribution in [0.25, 0.3) is 0 Å². The first-order valence-electron chi connectivity index (χ1n) is 6.16. The van der Waals surface area contributed by atoms with Gasteiger partial charge in [-0.05, 0) is 49.8 Å². The molecule has 1 saturated carbocycles. The highest BCUT2D eigenvalue weighted by atomic mass is 16.3. The number of hydrogen-bond acceptors (Lipinski definition) is 2. The molecule has 1 aromatic rings. The van der Waals surface area contributed by atoms with Crippen molar-refractivity contribution < 1.29 is 5.11 Å². The van der Waals surface area contributed by atoms with Gasteiger partial charge in [0.1, 0.15) is 0 Å². The smallest absolute Gasteiger partial charge is 0.0880 e. The molecule has 0 heterocycles. The molecule has 0 spiro atoms. The van der Waals surface area contributed by atoms with Crippen molar-refractivity contribution >= 4 is 0 Å². The number of benzene rings is 1. The Morgan fingerprint density at radius 1 is 1.44 bits per heavy atom. The largest absolute Gasteiger partial charge is 0.385 e. The first kappa shape index (κ1) is 11.6. The first-order chi connectivity index (χ1) is 7.63. The summed E-state index contributed by atoms with van der Waals surface area (Å²) in [5, 5.41) is 10.3. The lowest BCUT2D eigenvalue weighted by molar-refractivity contribution is 0.0503. The van der Waals surface area contributed by atoms with Crippen molar-refractivity contribution in [1.82, 2.24) is 0 Å². The summed E-state index contributed by atoms with van der Waals surface area (Å²) < 4.78 is 0. The second-order valence-corrected chi connectivity index (χ2v) is 5.07. The van der Waals surface area contributed by atoms with E-state index in [4.69, 9.17) is 5.73 Å². The molecule has 1 unspecified atom stereocenters. The van der Waals surface area contributed by atoms with Crippen LogP contribution in [0, 0.1) is 0 Å². The lowest BCUT2D eigenvalue weighted by Crippen LogP contribution is -2.25. The summed E-state index contributed by atoms with van der Waals surface area (Å²) in [6.07, 6.45) is 4.54. The summed E-state index contributed by atoms with van der Waals surface area (Å²) in [5.74, 6) is 0.716. The van der Waals surface area contributed by atoms with Crippen molar-refractivity contribution in [3.05, 3.63) is 35.4 Å². The van der Waals surface area contributed by atoms with E-state index in [1.165, 1.54) is 24.8 Å². The molecule has 0 radical (unpaired) electrons. The molecule has 88 valence electrons. The highest BCUT2D eigenvalue weighted by molar-refractivity contribution is 5.31. The zero-order chi connectivity index (χ0) is 11.6. The van der Waals surface area contributed by atoms with Crippen LogP contribution in [0.2, 0.25) is 0 Å². The molecule has 1 aliphatic carbocycles. The van der Waals surface area contributed by atoms with Crippen molar-refractivity contribution in [3.8, 4) is 0 Å². The second kappa shape index (κ2) is 4.56. The van der Waals surface area contributed by atoms with E-state index in [1.54, 1.807) is 0 Å². The predicted octanol–water partition coefficient (Wildman–Crippen LogP) is 2.51. The number of rotatable bonds is 4. The van der Waals surface area contributed by atoms with Gasteiger partial charge in [-0.2, -0.15) is 0 Å². The molecule has 16 heavy (non-hydrogen) atoms. The monoisotopic (exact) mass is 219 g/mol. The average Bonchev–Trinajstić information content (AvgIpc) is 2.15. The molecule has 1 atom stereocenters. The van der Waals surface area contributed by atoms with Crippen LogP contribution in [0.1, 0.15) is 49.7 Å². The predicted molar refractivity (Wildman–Crippen MR) is 66.3 cm³/mol. The Bertz CT molecular complexity index is 356. The molecule has 2 heteroatoms. The van der Waals surface area contributed by atoms with Crippen molar-refractivity contribution in [2.45, 2.75) is 44.1 Å². The second-order valence-electron chi connectivity index (χ2n) is 5.07. The molecule has 0 aromatic heterocycles. The molecule has 0 aliphatic heterocycles. The summed E-state index contributed by atoms with van der Waals surface area (Å²) in [5.41, 5.74) is 7.12. The van der Waals surface area contributed by atoms with Gasteiger partial charge in [0.25, 0.3) is 0 Å². The molecule has 1 aromatic carbocycles. The Balaban J connectivity index is 2.20. The summed E-state index contributed by atoms with van der Waals surface area (Å²) in [6, 6.07) is 8.37. The molecule has 0 amide bonds. The van der Waals surface area contributed by atoms with E-state index in [0.717, 1.165) is 5.56 Å². The third-order valence-electron chi connectivity index (χ3n) is 3.72. The van der Waals surface area contributed by atoms with Gasteiger partial charge in [0, 0.05) is 0 Å². The average molecular weight is 219 g/mol. The van der Waals surface area contributed by atoms with Crippen LogP contribution in [-0.4, -0.2) is 11.7 Å². The van der Waals surface area contributed by atoms with E-state index >= 15 is 0 Å². The van der Waals surface area contributed by atoms with Crippen LogP contribution in [0.4, 0.5) is 0 Å². The lowest BCUT2D eigenvalue weighted by atomic mass is 9.78. The summed E-state index contributed by atoms with van der Waals surface area (Å²) in [4.78, 5) is 0. The van der Waals surface area contributed by atoms with E-state index in [-0.39, 0.29) is 0 Å². The number of aliphatic hydroxyl groups is 1. The molecule has 3 N–H and O–H groups in total. The van der Waals surface area contributed by atoms with E-state index in [0.29, 0.717) is 18.9 Å². The minimum absolute atomic E-state index is 0.515. The van der Waals surface area contributed by atoms with Crippen LogP contribution in [-0.2, 0) is 5.60 Å². The molecular formula is C14H21NO. The van der Waals surface area contributed by atoms with E-state index in [2.05, 4.69) is 12.1 Å². The number of hydrogen-bond donors (Lipinski definition) is 2. The highest BCUT2D eigenvalue weighted by Gasteiger charge is 2.25. The van der Waals surface area contributed by atoms with Gasteiger partial charge in [0.05, 0.1) is 5.60 Å². The lowest BCUT2D eigenvalue weighted by Gasteiger charge is -2.28. The minimum atomic E-state index is -0.783. The Morgan fingerprint density at radius 2 is 2.19 bits per heavy atom. The van der Waals surface area contributed by atoms with Gasteiger partial charge < -0.3 is 10.8 Å². The van der Waals surface area contributed by atoms with Crippen molar-refractivity contribution in [1.29, 1.82) is 0 Å². The maximum Gasteiger partial charge on any atom is 0.0880 e. The van der Waals surface area contributed by atoms with Crippen molar-refractivity contribution in [3.63, 3.8) is 0 Å².